The Morgan fingerprint density at radius 2 is 2.47 bits per heavy atom. The third-order valence-electron chi connectivity index (χ3n) is 2.15. The molecule has 0 bridgehead atoms. The van der Waals surface area contributed by atoms with Crippen molar-refractivity contribution in [2.45, 2.75) is 13.0 Å². The molecule has 0 fully saturated rings. The van der Waals surface area contributed by atoms with Gasteiger partial charge in [0.2, 0.25) is 5.82 Å². The lowest BCUT2D eigenvalue weighted by atomic mass is 10.4. The quantitative estimate of drug-likeness (QED) is 0.747. The molecule has 0 aliphatic carbocycles. The van der Waals surface area contributed by atoms with E-state index in [1.54, 1.807) is 23.7 Å². The van der Waals surface area contributed by atoms with Crippen molar-refractivity contribution in [1.29, 1.82) is 0 Å². The molecule has 6 nitrogen and oxygen atoms in total. The second-order valence-electron chi connectivity index (χ2n) is 3.80. The predicted octanol–water partition coefficient (Wildman–Crippen LogP) is 0.343. The van der Waals surface area contributed by atoms with Crippen LogP contribution in [0.2, 0.25) is 0 Å². The number of imidazole rings is 1. The molecule has 0 spiro atoms. The third-order valence-corrected chi connectivity index (χ3v) is 2.15. The summed E-state index contributed by atoms with van der Waals surface area (Å²) in [5, 5.41) is 0. The highest BCUT2D eigenvalue weighted by atomic mass is 16.7. The van der Waals surface area contributed by atoms with Gasteiger partial charge in [-0.15, -0.1) is 0 Å². The van der Waals surface area contributed by atoms with Crippen molar-refractivity contribution in [3.63, 3.8) is 0 Å². The van der Waals surface area contributed by atoms with E-state index in [1.165, 1.54) is 0 Å². The summed E-state index contributed by atoms with van der Waals surface area (Å²) in [6.45, 7) is 2.05. The Kier molecular flexibility index (Phi) is 3.36. The molecule has 2 aromatic rings. The van der Waals surface area contributed by atoms with E-state index in [4.69, 9.17) is 10.6 Å². The Hall–Kier alpha value is -1.92. The molecule has 6 heteroatoms. The molecular formula is C11H14N4O2. The fourth-order valence-corrected chi connectivity index (χ4v) is 1.40. The van der Waals surface area contributed by atoms with Crippen LogP contribution in [-0.2, 0) is 4.84 Å². The van der Waals surface area contributed by atoms with Crippen LogP contribution in [0.15, 0.2) is 30.6 Å². The minimum atomic E-state index is -0.392. The third kappa shape index (κ3) is 2.61. The molecule has 0 aromatic carbocycles. The van der Waals surface area contributed by atoms with E-state index >= 15 is 0 Å². The molecule has 3 N–H and O–H groups in total. The molecule has 0 aliphatic rings. The first-order valence-electron chi connectivity index (χ1n) is 5.28. The van der Waals surface area contributed by atoms with Gasteiger partial charge in [-0.25, -0.2) is 10.5 Å². The summed E-state index contributed by atoms with van der Waals surface area (Å²) in [4.78, 5) is 20.7. The summed E-state index contributed by atoms with van der Waals surface area (Å²) in [5.41, 5.74) is 8.65. The fraction of sp³-hybridized carbons (Fsp3) is 0.273. The average molecular weight is 234 g/mol. The zero-order valence-corrected chi connectivity index (χ0v) is 9.46. The molecule has 90 valence electrons. The largest absolute Gasteiger partial charge is 0.326 e. The topological polar surface area (TPSA) is 81.6 Å². The van der Waals surface area contributed by atoms with Gasteiger partial charge in [-0.3, -0.25) is 14.0 Å². The second kappa shape index (κ2) is 4.94. The number of nitrogens with two attached hydrogens (primary N) is 1. The highest BCUT2D eigenvalue weighted by Crippen LogP contribution is 2.05. The van der Waals surface area contributed by atoms with E-state index in [2.05, 4.69) is 10.5 Å². The van der Waals surface area contributed by atoms with Gasteiger partial charge in [-0.2, -0.15) is 0 Å². The van der Waals surface area contributed by atoms with E-state index in [-0.39, 0.29) is 18.5 Å². The van der Waals surface area contributed by atoms with Crippen molar-refractivity contribution in [1.82, 2.24) is 14.9 Å². The van der Waals surface area contributed by atoms with Gasteiger partial charge in [0, 0.05) is 12.2 Å². The van der Waals surface area contributed by atoms with Crippen LogP contribution in [0.1, 0.15) is 17.5 Å². The number of rotatable bonds is 4. The Morgan fingerprint density at radius 1 is 1.65 bits per heavy atom. The smallest absolute Gasteiger partial charge is 0.311 e. The van der Waals surface area contributed by atoms with Crippen molar-refractivity contribution in [3.05, 3.63) is 36.4 Å². The van der Waals surface area contributed by atoms with Crippen LogP contribution in [0.4, 0.5) is 0 Å². The maximum absolute atomic E-state index is 11.7. The number of nitrogens with zero attached hydrogens (tertiary/aromatic N) is 2. The van der Waals surface area contributed by atoms with Gasteiger partial charge in [0.1, 0.15) is 0 Å². The molecule has 1 amide bonds. The highest BCUT2D eigenvalue weighted by molar-refractivity contribution is 5.90. The van der Waals surface area contributed by atoms with Crippen LogP contribution in [-0.4, -0.2) is 27.9 Å². The monoisotopic (exact) mass is 234 g/mol. The molecule has 2 heterocycles. The zero-order valence-electron chi connectivity index (χ0n) is 9.46. The van der Waals surface area contributed by atoms with Gasteiger partial charge < -0.3 is 5.73 Å². The molecule has 1 atom stereocenters. The van der Waals surface area contributed by atoms with Gasteiger partial charge in [0.15, 0.2) is 0 Å². The first kappa shape index (κ1) is 11.6. The van der Waals surface area contributed by atoms with E-state index in [1.807, 2.05) is 18.2 Å². The number of carbonyl (C=O) groups is 1. The van der Waals surface area contributed by atoms with Crippen LogP contribution in [0.5, 0.6) is 0 Å². The van der Waals surface area contributed by atoms with Crippen LogP contribution in [0.3, 0.4) is 0 Å². The van der Waals surface area contributed by atoms with Crippen molar-refractivity contribution in [3.8, 4) is 0 Å². The number of fused-ring (bicyclic) bond motifs is 1. The summed E-state index contributed by atoms with van der Waals surface area (Å²) in [6.07, 6.45) is 3.39. The van der Waals surface area contributed by atoms with Gasteiger partial charge >= 0.3 is 5.91 Å². The number of pyridine rings is 1. The van der Waals surface area contributed by atoms with E-state index < -0.39 is 5.91 Å². The first-order valence-corrected chi connectivity index (χ1v) is 5.28. The Balaban J connectivity index is 2.09. The maximum Gasteiger partial charge on any atom is 0.311 e. The minimum absolute atomic E-state index is 0.132. The summed E-state index contributed by atoms with van der Waals surface area (Å²) in [5.74, 6) is -0.109. The zero-order chi connectivity index (χ0) is 12.3. The second-order valence-corrected chi connectivity index (χ2v) is 3.80. The number of aromatic nitrogens is 2. The van der Waals surface area contributed by atoms with Crippen LogP contribution < -0.4 is 11.2 Å². The van der Waals surface area contributed by atoms with Gasteiger partial charge in [0.25, 0.3) is 0 Å². The predicted molar refractivity (Wildman–Crippen MR) is 62.3 cm³/mol. The summed E-state index contributed by atoms with van der Waals surface area (Å²) < 4.78 is 1.69. The Labute approximate surface area is 98.3 Å². The summed E-state index contributed by atoms with van der Waals surface area (Å²) >= 11 is 0. The number of hydrogen-bond donors (Lipinski definition) is 2. The van der Waals surface area contributed by atoms with Crippen molar-refractivity contribution in [2.24, 2.45) is 5.73 Å². The lowest BCUT2D eigenvalue weighted by Crippen LogP contribution is -2.31. The van der Waals surface area contributed by atoms with Gasteiger partial charge in [-0.1, -0.05) is 6.07 Å². The van der Waals surface area contributed by atoms with E-state index in [0.29, 0.717) is 0 Å². The SMILES string of the molecule is CC(N)CONC(=O)c1ncc2ccccn12. The molecule has 2 aromatic heterocycles. The standard InChI is InChI=1S/C11H14N4O2/c1-8(12)7-17-14-11(16)10-13-6-9-4-2-3-5-15(9)10/h2-6,8H,7,12H2,1H3,(H,14,16). The van der Waals surface area contributed by atoms with E-state index in [9.17, 15) is 4.79 Å². The van der Waals surface area contributed by atoms with Crippen LogP contribution >= 0.6 is 0 Å². The molecular weight excluding hydrogens is 220 g/mol. The number of carbonyl (C=O) groups excluding carboxylic acids is 1. The molecule has 1 unspecified atom stereocenters. The first-order chi connectivity index (χ1) is 8.18. The summed E-state index contributed by atoms with van der Waals surface area (Å²) in [6, 6.07) is 5.44. The van der Waals surface area contributed by atoms with Crippen molar-refractivity contribution < 1.29 is 9.63 Å². The van der Waals surface area contributed by atoms with Crippen LogP contribution in [0.25, 0.3) is 5.52 Å². The fourth-order valence-electron chi connectivity index (χ4n) is 1.40. The summed E-state index contributed by atoms with van der Waals surface area (Å²) in [7, 11) is 0. The van der Waals surface area contributed by atoms with Gasteiger partial charge in [-0.05, 0) is 19.1 Å². The van der Waals surface area contributed by atoms with Crippen molar-refractivity contribution >= 4 is 11.4 Å². The number of hydroxylamine groups is 1. The molecule has 0 aliphatic heterocycles. The van der Waals surface area contributed by atoms with E-state index in [0.717, 1.165) is 5.52 Å². The highest BCUT2D eigenvalue weighted by Gasteiger charge is 2.12. The average Bonchev–Trinajstić information content (AvgIpc) is 2.72. The van der Waals surface area contributed by atoms with Gasteiger partial charge in [0.05, 0.1) is 18.3 Å². The molecule has 0 saturated carbocycles. The Morgan fingerprint density at radius 3 is 3.24 bits per heavy atom. The molecule has 0 saturated heterocycles. The Bertz CT molecular complexity index is 521. The molecule has 17 heavy (non-hydrogen) atoms. The molecule has 2 rings (SSSR count). The normalized spacial score (nSPS) is 12.6. The lowest BCUT2D eigenvalue weighted by molar-refractivity contribution is 0.0266. The van der Waals surface area contributed by atoms with Crippen LogP contribution in [0, 0.1) is 0 Å². The number of nitrogens with one attached hydrogen (secondary N) is 1. The number of amides is 1. The number of hydrogen-bond acceptors (Lipinski definition) is 4. The lowest BCUT2D eigenvalue weighted by Gasteiger charge is -2.07. The minimum Gasteiger partial charge on any atom is -0.326 e. The molecule has 0 radical (unpaired) electrons. The maximum atomic E-state index is 11.7. The van der Waals surface area contributed by atoms with Crippen molar-refractivity contribution in [2.75, 3.05) is 6.61 Å².